The summed E-state index contributed by atoms with van der Waals surface area (Å²) in [5, 5.41) is 4.17. The van der Waals surface area contributed by atoms with Crippen molar-refractivity contribution in [1.82, 2.24) is 20.6 Å². The van der Waals surface area contributed by atoms with E-state index in [4.69, 9.17) is 16.1 Å². The van der Waals surface area contributed by atoms with E-state index in [1.165, 1.54) is 24.0 Å². The third-order valence-corrected chi connectivity index (χ3v) is 2.98. The Kier molecular flexibility index (Phi) is 3.75. The van der Waals surface area contributed by atoms with Crippen molar-refractivity contribution < 1.29 is 9.32 Å². The number of hydrogen-bond donors (Lipinski definition) is 3. The number of nitrogens with one attached hydrogen (secondary N) is 1. The first-order valence-electron chi connectivity index (χ1n) is 4.86. The number of nitrogens with zero attached hydrogens (tertiary/aromatic N) is 3. The summed E-state index contributed by atoms with van der Waals surface area (Å²) in [6.07, 6.45) is 3.06. The quantitative estimate of drug-likeness (QED) is 0.303. The summed E-state index contributed by atoms with van der Waals surface area (Å²) >= 11 is 1.34. The molecule has 1 amide bonds. The summed E-state index contributed by atoms with van der Waals surface area (Å²) in [5.41, 5.74) is 7.73. The van der Waals surface area contributed by atoms with Gasteiger partial charge in [-0.2, -0.15) is 0 Å². The van der Waals surface area contributed by atoms with Crippen LogP contribution in [0.25, 0.3) is 0 Å². The van der Waals surface area contributed by atoms with E-state index in [-0.39, 0.29) is 5.69 Å². The fourth-order valence-corrected chi connectivity index (χ4v) is 1.90. The average Bonchev–Trinajstić information content (AvgIpc) is 2.86. The molecule has 0 bridgehead atoms. The second kappa shape index (κ2) is 5.47. The summed E-state index contributed by atoms with van der Waals surface area (Å²) in [6.45, 7) is 0. The van der Waals surface area contributed by atoms with E-state index in [1.54, 1.807) is 6.20 Å². The molecule has 18 heavy (non-hydrogen) atoms. The van der Waals surface area contributed by atoms with Crippen molar-refractivity contribution in [3.63, 3.8) is 0 Å². The standard InChI is InChI=1S/C9H10N6O2S/c10-7-9(13-2-1-12-7)18-4-5-3-6(15-17-5)8(16)14-11/h1-3H,4,11H2,(H2,10,12)(H,14,16). The van der Waals surface area contributed by atoms with Gasteiger partial charge in [0.2, 0.25) is 0 Å². The third-order valence-electron chi connectivity index (χ3n) is 1.97. The van der Waals surface area contributed by atoms with E-state index in [0.29, 0.717) is 22.4 Å². The highest BCUT2D eigenvalue weighted by molar-refractivity contribution is 7.98. The predicted octanol–water partition coefficient (Wildman–Crippen LogP) is -0.0574. The lowest BCUT2D eigenvalue weighted by molar-refractivity contribution is 0.0944. The van der Waals surface area contributed by atoms with Crippen molar-refractivity contribution >= 4 is 23.5 Å². The highest BCUT2D eigenvalue weighted by Gasteiger charge is 2.12. The Labute approximate surface area is 106 Å². The van der Waals surface area contributed by atoms with Crippen molar-refractivity contribution in [2.75, 3.05) is 5.73 Å². The number of hydrazine groups is 1. The molecule has 9 heteroatoms. The Bertz CT molecular complexity index is 557. The van der Waals surface area contributed by atoms with Gasteiger partial charge in [0.15, 0.2) is 11.5 Å². The van der Waals surface area contributed by atoms with E-state index in [1.807, 2.05) is 5.43 Å². The zero-order chi connectivity index (χ0) is 13.0. The predicted molar refractivity (Wildman–Crippen MR) is 64.2 cm³/mol. The first kappa shape index (κ1) is 12.3. The van der Waals surface area contributed by atoms with Gasteiger partial charge in [-0.3, -0.25) is 10.2 Å². The molecule has 5 N–H and O–H groups in total. The van der Waals surface area contributed by atoms with E-state index in [0.717, 1.165) is 0 Å². The maximum atomic E-state index is 11.1. The maximum Gasteiger partial charge on any atom is 0.287 e. The van der Waals surface area contributed by atoms with Crippen molar-refractivity contribution in [1.29, 1.82) is 0 Å². The van der Waals surface area contributed by atoms with E-state index >= 15 is 0 Å². The van der Waals surface area contributed by atoms with Crippen LogP contribution in [0.15, 0.2) is 28.0 Å². The lowest BCUT2D eigenvalue weighted by Crippen LogP contribution is -2.30. The molecule has 2 rings (SSSR count). The van der Waals surface area contributed by atoms with Crippen molar-refractivity contribution in [2.24, 2.45) is 5.84 Å². The monoisotopic (exact) mass is 266 g/mol. The third kappa shape index (κ3) is 2.76. The zero-order valence-corrected chi connectivity index (χ0v) is 9.98. The van der Waals surface area contributed by atoms with Crippen LogP contribution in [0.4, 0.5) is 5.82 Å². The average molecular weight is 266 g/mol. The molecule has 8 nitrogen and oxygen atoms in total. The van der Waals surface area contributed by atoms with Crippen LogP contribution < -0.4 is 17.0 Å². The molecule has 0 radical (unpaired) electrons. The molecule has 0 saturated carbocycles. The van der Waals surface area contributed by atoms with Gasteiger partial charge in [0, 0.05) is 18.5 Å². The minimum absolute atomic E-state index is 0.125. The largest absolute Gasteiger partial charge is 0.381 e. The van der Waals surface area contributed by atoms with Crippen molar-refractivity contribution in [3.8, 4) is 0 Å². The highest BCUT2D eigenvalue weighted by atomic mass is 32.2. The van der Waals surface area contributed by atoms with Crippen LogP contribution in [0.1, 0.15) is 16.2 Å². The summed E-state index contributed by atoms with van der Waals surface area (Å²) in [6, 6.07) is 1.50. The number of aromatic nitrogens is 3. The van der Waals surface area contributed by atoms with E-state index < -0.39 is 5.91 Å². The number of rotatable bonds is 4. The van der Waals surface area contributed by atoms with E-state index in [2.05, 4.69) is 15.1 Å². The highest BCUT2D eigenvalue weighted by Crippen LogP contribution is 2.24. The smallest absolute Gasteiger partial charge is 0.287 e. The fraction of sp³-hybridized carbons (Fsp3) is 0.111. The lowest BCUT2D eigenvalue weighted by Gasteiger charge is -1.99. The van der Waals surface area contributed by atoms with E-state index in [9.17, 15) is 4.79 Å². The van der Waals surface area contributed by atoms with Crippen LogP contribution in [-0.2, 0) is 5.75 Å². The van der Waals surface area contributed by atoms with Crippen LogP contribution in [0.5, 0.6) is 0 Å². The van der Waals surface area contributed by atoms with Gasteiger partial charge in [0.25, 0.3) is 5.91 Å². The molecule has 94 valence electrons. The second-order valence-corrected chi connectivity index (χ2v) is 4.15. The molecule has 0 saturated heterocycles. The first-order chi connectivity index (χ1) is 8.70. The number of hydrogen-bond acceptors (Lipinski definition) is 8. The number of nitrogens with two attached hydrogens (primary N) is 2. The van der Waals surface area contributed by atoms with Crippen LogP contribution in [0.2, 0.25) is 0 Å². The molecule has 2 heterocycles. The summed E-state index contributed by atoms with van der Waals surface area (Å²) in [5.74, 6) is 5.78. The Hall–Kier alpha value is -2.13. The fourth-order valence-electron chi connectivity index (χ4n) is 1.15. The second-order valence-electron chi connectivity index (χ2n) is 3.19. The van der Waals surface area contributed by atoms with Gasteiger partial charge in [-0.1, -0.05) is 16.9 Å². The van der Waals surface area contributed by atoms with Crippen LogP contribution >= 0.6 is 11.8 Å². The molecule has 0 fully saturated rings. The maximum absolute atomic E-state index is 11.1. The molecule has 2 aromatic heterocycles. The van der Waals surface area contributed by atoms with Gasteiger partial charge in [-0.05, 0) is 0 Å². The normalized spacial score (nSPS) is 10.3. The number of carbonyl (C=O) groups excluding carboxylic acids is 1. The minimum atomic E-state index is -0.506. The van der Waals surface area contributed by atoms with Gasteiger partial charge in [0.1, 0.15) is 10.8 Å². The van der Waals surface area contributed by atoms with Crippen molar-refractivity contribution in [2.45, 2.75) is 10.8 Å². The van der Waals surface area contributed by atoms with Gasteiger partial charge in [-0.25, -0.2) is 15.8 Å². The summed E-state index contributed by atoms with van der Waals surface area (Å²) in [4.78, 5) is 19.1. The topological polar surface area (TPSA) is 133 Å². The minimum Gasteiger partial charge on any atom is -0.381 e. The number of anilines is 1. The molecular weight excluding hydrogens is 256 g/mol. The molecule has 0 spiro atoms. The summed E-state index contributed by atoms with van der Waals surface area (Å²) in [7, 11) is 0. The molecular formula is C9H10N6O2S. The molecule has 0 unspecified atom stereocenters. The molecule has 0 atom stereocenters. The first-order valence-corrected chi connectivity index (χ1v) is 5.85. The van der Waals surface area contributed by atoms with Gasteiger partial charge < -0.3 is 10.3 Å². The van der Waals surface area contributed by atoms with Crippen LogP contribution in [0.3, 0.4) is 0 Å². The zero-order valence-electron chi connectivity index (χ0n) is 9.16. The number of nitrogen functional groups attached to an aromatic ring is 2. The number of amides is 1. The van der Waals surface area contributed by atoms with Crippen molar-refractivity contribution in [3.05, 3.63) is 29.9 Å². The van der Waals surface area contributed by atoms with Gasteiger partial charge >= 0.3 is 0 Å². The Morgan fingerprint density at radius 1 is 1.44 bits per heavy atom. The SMILES string of the molecule is NNC(=O)c1cc(CSc2nccnc2N)on1. The molecule has 0 aliphatic carbocycles. The van der Waals surface area contributed by atoms with Gasteiger partial charge in [-0.15, -0.1) is 0 Å². The Balaban J connectivity index is 2.01. The lowest BCUT2D eigenvalue weighted by atomic mass is 10.4. The molecule has 2 aromatic rings. The number of thioether (sulfide) groups is 1. The molecule has 0 aliphatic heterocycles. The van der Waals surface area contributed by atoms with Crippen LogP contribution in [-0.4, -0.2) is 21.0 Å². The summed E-state index contributed by atoms with van der Waals surface area (Å²) < 4.78 is 4.97. The molecule has 0 aliphatic rings. The Morgan fingerprint density at radius 3 is 2.94 bits per heavy atom. The van der Waals surface area contributed by atoms with Gasteiger partial charge in [0.05, 0.1) is 5.75 Å². The molecule has 0 aromatic carbocycles. The Morgan fingerprint density at radius 2 is 2.22 bits per heavy atom. The number of carbonyl (C=O) groups is 1. The van der Waals surface area contributed by atoms with Crippen LogP contribution in [0, 0.1) is 0 Å².